The van der Waals surface area contributed by atoms with Crippen LogP contribution in [0, 0.1) is 17.7 Å². The van der Waals surface area contributed by atoms with E-state index in [1.54, 1.807) is 12.1 Å². The van der Waals surface area contributed by atoms with Crippen LogP contribution >= 0.6 is 0 Å². The van der Waals surface area contributed by atoms with E-state index in [4.69, 9.17) is 0 Å². The van der Waals surface area contributed by atoms with Crippen molar-refractivity contribution in [2.75, 3.05) is 13.1 Å². The highest BCUT2D eigenvalue weighted by Crippen LogP contribution is 2.21. The van der Waals surface area contributed by atoms with Gasteiger partial charge in [-0.15, -0.1) is 0 Å². The van der Waals surface area contributed by atoms with Gasteiger partial charge in [-0.25, -0.2) is 4.39 Å². The molecule has 0 heterocycles. The average Bonchev–Trinajstić information content (AvgIpc) is 2.40. The van der Waals surface area contributed by atoms with Gasteiger partial charge in [0.2, 0.25) is 0 Å². The van der Waals surface area contributed by atoms with Gasteiger partial charge in [-0.05, 0) is 55.5 Å². The van der Waals surface area contributed by atoms with Crippen molar-refractivity contribution in [2.45, 2.75) is 46.5 Å². The summed E-state index contributed by atoms with van der Waals surface area (Å²) in [6.45, 7) is 8.92. The molecule has 0 saturated heterocycles. The first-order valence-electron chi connectivity index (χ1n) is 7.62. The van der Waals surface area contributed by atoms with E-state index >= 15 is 0 Å². The van der Waals surface area contributed by atoms with Crippen molar-refractivity contribution in [3.05, 3.63) is 35.6 Å². The largest absolute Gasteiger partial charge is 0.316 e. The Morgan fingerprint density at radius 2 is 1.79 bits per heavy atom. The number of benzene rings is 1. The molecule has 0 radical (unpaired) electrons. The van der Waals surface area contributed by atoms with Crippen LogP contribution in [-0.4, -0.2) is 13.1 Å². The summed E-state index contributed by atoms with van der Waals surface area (Å²) in [5, 5.41) is 3.53. The lowest BCUT2D eigenvalue weighted by Crippen LogP contribution is -2.29. The van der Waals surface area contributed by atoms with E-state index in [0.29, 0.717) is 11.8 Å². The predicted octanol–water partition coefficient (Wildman–Crippen LogP) is 4.42. The molecule has 0 aliphatic heterocycles. The quantitative estimate of drug-likeness (QED) is 0.652. The lowest BCUT2D eigenvalue weighted by atomic mass is 9.85. The van der Waals surface area contributed by atoms with Gasteiger partial charge >= 0.3 is 0 Å². The monoisotopic (exact) mass is 265 g/mol. The molecule has 0 amide bonds. The van der Waals surface area contributed by atoms with Crippen molar-refractivity contribution in [2.24, 2.45) is 11.8 Å². The van der Waals surface area contributed by atoms with E-state index in [2.05, 4.69) is 26.1 Å². The Balaban J connectivity index is 2.58. The van der Waals surface area contributed by atoms with Gasteiger partial charge in [0.25, 0.3) is 0 Å². The molecular formula is C17H28FN. The zero-order valence-corrected chi connectivity index (χ0v) is 12.6. The molecule has 1 rings (SSSR count). The van der Waals surface area contributed by atoms with E-state index in [0.717, 1.165) is 19.5 Å². The molecule has 108 valence electrons. The van der Waals surface area contributed by atoms with Crippen molar-refractivity contribution >= 4 is 0 Å². The summed E-state index contributed by atoms with van der Waals surface area (Å²) in [6.07, 6.45) is 4.71. The third-order valence-electron chi connectivity index (χ3n) is 3.79. The van der Waals surface area contributed by atoms with Gasteiger partial charge in [0, 0.05) is 0 Å². The van der Waals surface area contributed by atoms with Crippen LogP contribution in [0.2, 0.25) is 0 Å². The average molecular weight is 265 g/mol. The minimum Gasteiger partial charge on any atom is -0.316 e. The summed E-state index contributed by atoms with van der Waals surface area (Å²) in [5.74, 6) is 1.20. The minimum absolute atomic E-state index is 0.147. The van der Waals surface area contributed by atoms with Crippen molar-refractivity contribution < 1.29 is 4.39 Å². The van der Waals surface area contributed by atoms with Gasteiger partial charge in [0.15, 0.2) is 0 Å². The molecule has 0 aliphatic carbocycles. The van der Waals surface area contributed by atoms with Crippen molar-refractivity contribution in [3.8, 4) is 0 Å². The van der Waals surface area contributed by atoms with E-state index < -0.39 is 0 Å². The molecule has 0 bridgehead atoms. The predicted molar refractivity (Wildman–Crippen MR) is 80.8 cm³/mol. The molecule has 2 atom stereocenters. The van der Waals surface area contributed by atoms with Crippen molar-refractivity contribution in [1.82, 2.24) is 5.32 Å². The maximum Gasteiger partial charge on any atom is 0.123 e. The molecule has 0 fully saturated rings. The van der Waals surface area contributed by atoms with Gasteiger partial charge in [-0.1, -0.05) is 45.7 Å². The topological polar surface area (TPSA) is 12.0 Å². The molecule has 19 heavy (non-hydrogen) atoms. The van der Waals surface area contributed by atoms with Gasteiger partial charge in [0.05, 0.1) is 0 Å². The van der Waals surface area contributed by atoms with Crippen LogP contribution in [-0.2, 0) is 6.42 Å². The first-order valence-corrected chi connectivity index (χ1v) is 7.62. The summed E-state index contributed by atoms with van der Waals surface area (Å²) in [7, 11) is 0. The number of halogens is 1. The zero-order valence-electron chi connectivity index (χ0n) is 12.6. The summed E-state index contributed by atoms with van der Waals surface area (Å²) in [5.41, 5.74) is 1.24. The van der Waals surface area contributed by atoms with Crippen molar-refractivity contribution in [3.63, 3.8) is 0 Å². The van der Waals surface area contributed by atoms with E-state index in [-0.39, 0.29) is 5.82 Å². The summed E-state index contributed by atoms with van der Waals surface area (Å²) < 4.78 is 12.9. The zero-order chi connectivity index (χ0) is 14.1. The second-order valence-corrected chi connectivity index (χ2v) is 5.56. The minimum atomic E-state index is -0.147. The maximum atomic E-state index is 12.9. The lowest BCUT2D eigenvalue weighted by molar-refractivity contribution is 0.318. The molecule has 0 spiro atoms. The fourth-order valence-corrected chi connectivity index (χ4v) is 2.55. The normalized spacial score (nSPS) is 14.3. The van der Waals surface area contributed by atoms with Crippen LogP contribution in [0.3, 0.4) is 0 Å². The van der Waals surface area contributed by atoms with E-state index in [1.807, 2.05) is 12.1 Å². The van der Waals surface area contributed by atoms with Crippen LogP contribution in [0.1, 0.15) is 45.6 Å². The van der Waals surface area contributed by atoms with Gasteiger partial charge in [-0.3, -0.25) is 0 Å². The summed E-state index contributed by atoms with van der Waals surface area (Å²) >= 11 is 0. The smallest absolute Gasteiger partial charge is 0.123 e. The van der Waals surface area contributed by atoms with Crippen LogP contribution in [0.4, 0.5) is 4.39 Å². The number of rotatable bonds is 9. The fourth-order valence-electron chi connectivity index (χ4n) is 2.55. The second kappa shape index (κ2) is 9.08. The molecule has 2 unspecified atom stereocenters. The molecular weight excluding hydrogens is 237 g/mol. The molecule has 0 aromatic heterocycles. The van der Waals surface area contributed by atoms with Crippen LogP contribution < -0.4 is 5.32 Å². The Morgan fingerprint density at radius 1 is 1.11 bits per heavy atom. The van der Waals surface area contributed by atoms with E-state index in [9.17, 15) is 4.39 Å². The third kappa shape index (κ3) is 6.20. The summed E-state index contributed by atoms with van der Waals surface area (Å²) in [4.78, 5) is 0. The molecule has 0 saturated carbocycles. The highest BCUT2D eigenvalue weighted by atomic mass is 19.1. The molecule has 1 aromatic rings. The fraction of sp³-hybridized carbons (Fsp3) is 0.647. The van der Waals surface area contributed by atoms with Gasteiger partial charge in [0.1, 0.15) is 5.82 Å². The second-order valence-electron chi connectivity index (χ2n) is 5.56. The third-order valence-corrected chi connectivity index (χ3v) is 3.79. The maximum absolute atomic E-state index is 12.9. The van der Waals surface area contributed by atoms with Crippen LogP contribution in [0.15, 0.2) is 24.3 Å². The number of hydrogen-bond donors (Lipinski definition) is 1. The number of hydrogen-bond acceptors (Lipinski definition) is 1. The van der Waals surface area contributed by atoms with Gasteiger partial charge in [-0.2, -0.15) is 0 Å². The number of nitrogens with one attached hydrogen (secondary N) is 1. The first kappa shape index (κ1) is 16.2. The Bertz CT molecular complexity index is 334. The SMILES string of the molecule is CCCNCC(Cc1ccc(F)cc1)C(C)CCC. The van der Waals surface area contributed by atoms with Crippen LogP contribution in [0.5, 0.6) is 0 Å². The Labute approximate surface area is 117 Å². The molecule has 1 aromatic carbocycles. The highest BCUT2D eigenvalue weighted by molar-refractivity contribution is 5.16. The highest BCUT2D eigenvalue weighted by Gasteiger charge is 2.16. The standard InChI is InChI=1S/C17H28FN/c1-4-6-14(3)16(13-19-11-5-2)12-15-7-9-17(18)10-8-15/h7-10,14,16,19H,4-6,11-13H2,1-3H3. The Kier molecular flexibility index (Phi) is 7.73. The summed E-state index contributed by atoms with van der Waals surface area (Å²) in [6, 6.07) is 6.97. The van der Waals surface area contributed by atoms with E-state index in [1.165, 1.54) is 24.8 Å². The molecule has 1 N–H and O–H groups in total. The first-order chi connectivity index (χ1) is 9.17. The van der Waals surface area contributed by atoms with Crippen LogP contribution in [0.25, 0.3) is 0 Å². The molecule has 1 nitrogen and oxygen atoms in total. The molecule has 0 aliphatic rings. The van der Waals surface area contributed by atoms with Gasteiger partial charge < -0.3 is 5.32 Å². The Morgan fingerprint density at radius 3 is 2.37 bits per heavy atom. The lowest BCUT2D eigenvalue weighted by Gasteiger charge is -2.24. The van der Waals surface area contributed by atoms with Crippen molar-refractivity contribution in [1.29, 1.82) is 0 Å². The molecule has 2 heteroatoms. The Hall–Kier alpha value is -0.890.